The smallest absolute Gasteiger partial charge is 0.190 e. The number of halogens is 3. The molecule has 63 heavy (non-hydrogen) atoms. The van der Waals surface area contributed by atoms with Gasteiger partial charge in [-0.25, -0.2) is 0 Å². The molecule has 0 aromatic heterocycles. The molecule has 0 radical (unpaired) electrons. The molecule has 6 heteroatoms. The minimum absolute atomic E-state index is 0.427. The van der Waals surface area contributed by atoms with Crippen LogP contribution in [0.15, 0.2) is 36.8 Å². The average molecular weight is 936 g/mol. The van der Waals surface area contributed by atoms with E-state index in [1.54, 1.807) is 38.5 Å². The van der Waals surface area contributed by atoms with Crippen LogP contribution >= 0.6 is 34.8 Å². The van der Waals surface area contributed by atoms with Gasteiger partial charge in [0.25, 0.3) is 0 Å². The summed E-state index contributed by atoms with van der Waals surface area (Å²) in [7, 11) is 0. The predicted molar refractivity (Wildman–Crippen MR) is 281 cm³/mol. The summed E-state index contributed by atoms with van der Waals surface area (Å²) in [6, 6.07) is 0. The molecular weight excluding hydrogens is 833 g/mol. The van der Waals surface area contributed by atoms with E-state index in [1.165, 1.54) is 146 Å². The SMILES string of the molecule is C=C(CCCCCCCC1CC1CC1CC1CCCCC)NCC(CNC(=C)CCCCCCCC1CC1CC1CC1CCCCC)CC(=C)NCCCCC(C)CCC(Cl)(Cl)Cl. The number of nitrogens with one attached hydrogen (secondary N) is 3. The molecule has 4 fully saturated rings. The van der Waals surface area contributed by atoms with E-state index in [1.807, 2.05) is 0 Å². The first-order valence-corrected chi connectivity index (χ1v) is 28.9. The van der Waals surface area contributed by atoms with E-state index in [-0.39, 0.29) is 0 Å². The Morgan fingerprint density at radius 2 is 0.905 bits per heavy atom. The molecule has 0 amide bonds. The summed E-state index contributed by atoms with van der Waals surface area (Å²) in [5.74, 6) is 9.73. The van der Waals surface area contributed by atoms with Crippen molar-refractivity contribution in [1.29, 1.82) is 0 Å². The summed E-state index contributed by atoms with van der Waals surface area (Å²) in [6.45, 7) is 23.1. The first-order chi connectivity index (χ1) is 30.4. The molecule has 4 aliphatic carbocycles. The standard InChI is InChI=1S/C57H102Cl3N3/c1-7-9-17-28-49-36-53(49)40-55-38-51(55)30-21-15-11-13-19-26-45(4)62-42-48(35-47(6)61-34-24-23-25-44(3)32-33-57(58,59)60)43-63-46(5)27-20-14-12-16-22-31-52-39-56(52)41-54-37-50(54)29-18-10-8-2/h44,48-56,61-63H,4-43H2,1-3H3. The molecule has 9 atom stereocenters. The Hall–Kier alpha value is -0.510. The van der Waals surface area contributed by atoms with E-state index in [2.05, 4.69) is 56.5 Å². The summed E-state index contributed by atoms with van der Waals surface area (Å²) in [4.78, 5) is 0. The van der Waals surface area contributed by atoms with Crippen LogP contribution in [0.3, 0.4) is 0 Å². The van der Waals surface area contributed by atoms with Crippen molar-refractivity contribution < 1.29 is 0 Å². The lowest BCUT2D eigenvalue weighted by Gasteiger charge is -2.23. The van der Waals surface area contributed by atoms with Crippen molar-refractivity contribution in [2.75, 3.05) is 19.6 Å². The molecule has 4 saturated carbocycles. The van der Waals surface area contributed by atoms with Gasteiger partial charge in [-0.15, -0.1) is 0 Å². The van der Waals surface area contributed by atoms with E-state index >= 15 is 0 Å². The number of rotatable bonds is 44. The molecule has 366 valence electrons. The van der Waals surface area contributed by atoms with Crippen LogP contribution in [-0.4, -0.2) is 23.4 Å². The summed E-state index contributed by atoms with van der Waals surface area (Å²) < 4.78 is -1.13. The number of unbranched alkanes of at least 4 members (excludes halogenated alkanes) is 13. The second-order valence-corrected chi connectivity index (χ2v) is 24.9. The van der Waals surface area contributed by atoms with Crippen LogP contribution in [-0.2, 0) is 0 Å². The Labute approximate surface area is 407 Å². The van der Waals surface area contributed by atoms with Crippen LogP contribution in [0.1, 0.15) is 239 Å². The van der Waals surface area contributed by atoms with Crippen LogP contribution < -0.4 is 16.0 Å². The molecule has 4 aliphatic rings. The summed E-state index contributed by atoms with van der Waals surface area (Å²) in [6.07, 6.45) is 45.7. The predicted octanol–water partition coefficient (Wildman–Crippen LogP) is 18.2. The van der Waals surface area contributed by atoms with Crippen LogP contribution in [0.4, 0.5) is 0 Å². The maximum atomic E-state index is 5.97. The van der Waals surface area contributed by atoms with Gasteiger partial charge in [0.2, 0.25) is 0 Å². The zero-order chi connectivity index (χ0) is 45.3. The Morgan fingerprint density at radius 1 is 0.492 bits per heavy atom. The molecule has 9 unspecified atom stereocenters. The van der Waals surface area contributed by atoms with Gasteiger partial charge >= 0.3 is 0 Å². The lowest BCUT2D eigenvalue weighted by Crippen LogP contribution is -2.32. The second-order valence-electron chi connectivity index (χ2n) is 22.4. The highest BCUT2D eigenvalue weighted by atomic mass is 35.6. The molecule has 0 aromatic rings. The van der Waals surface area contributed by atoms with Crippen molar-refractivity contribution in [1.82, 2.24) is 16.0 Å². The Bertz CT molecular complexity index is 1180. The maximum Gasteiger partial charge on any atom is 0.190 e. The van der Waals surface area contributed by atoms with Crippen LogP contribution in [0.25, 0.3) is 0 Å². The van der Waals surface area contributed by atoms with Gasteiger partial charge in [0.1, 0.15) is 0 Å². The van der Waals surface area contributed by atoms with E-state index in [9.17, 15) is 0 Å². The zero-order valence-corrected chi connectivity index (χ0v) is 44.0. The van der Waals surface area contributed by atoms with Gasteiger partial charge in [-0.2, -0.15) is 0 Å². The highest BCUT2D eigenvalue weighted by Gasteiger charge is 2.45. The van der Waals surface area contributed by atoms with Crippen molar-refractivity contribution in [2.24, 2.45) is 59.2 Å². The molecule has 3 N–H and O–H groups in total. The fraction of sp³-hybridized carbons (Fsp3) is 0.895. The molecule has 0 heterocycles. The summed E-state index contributed by atoms with van der Waals surface area (Å²) in [5, 5.41) is 11.1. The zero-order valence-electron chi connectivity index (χ0n) is 41.7. The fourth-order valence-electron chi connectivity index (χ4n) is 11.3. The Kier molecular flexibility index (Phi) is 27.6. The van der Waals surface area contributed by atoms with Crippen LogP contribution in [0, 0.1) is 59.2 Å². The number of hydrogen-bond donors (Lipinski definition) is 3. The van der Waals surface area contributed by atoms with E-state index < -0.39 is 3.79 Å². The third-order valence-electron chi connectivity index (χ3n) is 16.2. The number of hydrogen-bond acceptors (Lipinski definition) is 3. The van der Waals surface area contributed by atoms with Gasteiger partial charge in [0, 0.05) is 36.7 Å². The fourth-order valence-corrected chi connectivity index (χ4v) is 11.6. The van der Waals surface area contributed by atoms with Crippen molar-refractivity contribution in [3.8, 4) is 0 Å². The topological polar surface area (TPSA) is 36.1 Å². The van der Waals surface area contributed by atoms with E-state index in [0.29, 0.717) is 18.3 Å². The van der Waals surface area contributed by atoms with Crippen molar-refractivity contribution in [3.63, 3.8) is 0 Å². The highest BCUT2D eigenvalue weighted by Crippen LogP contribution is 2.55. The van der Waals surface area contributed by atoms with E-state index in [0.717, 1.165) is 111 Å². The van der Waals surface area contributed by atoms with Gasteiger partial charge in [-0.05, 0) is 149 Å². The van der Waals surface area contributed by atoms with Gasteiger partial charge in [-0.3, -0.25) is 0 Å². The van der Waals surface area contributed by atoms with Crippen LogP contribution in [0.5, 0.6) is 0 Å². The van der Waals surface area contributed by atoms with Gasteiger partial charge in [-0.1, -0.05) is 204 Å². The Balaban J connectivity index is 1.02. The molecule has 0 aromatic carbocycles. The minimum Gasteiger partial charge on any atom is -0.389 e. The maximum absolute atomic E-state index is 5.97. The largest absolute Gasteiger partial charge is 0.389 e. The number of allylic oxidation sites excluding steroid dienone is 3. The van der Waals surface area contributed by atoms with Gasteiger partial charge in [0.05, 0.1) is 0 Å². The van der Waals surface area contributed by atoms with Crippen molar-refractivity contribution in [2.45, 2.75) is 243 Å². The summed E-state index contributed by atoms with van der Waals surface area (Å²) in [5.41, 5.74) is 3.53. The van der Waals surface area contributed by atoms with Crippen molar-refractivity contribution >= 4 is 34.8 Å². The molecule has 0 bridgehead atoms. The first kappa shape index (κ1) is 55.1. The summed E-state index contributed by atoms with van der Waals surface area (Å²) >= 11 is 17.9. The molecule has 0 aliphatic heterocycles. The second kappa shape index (κ2) is 31.5. The monoisotopic (exact) mass is 934 g/mol. The van der Waals surface area contributed by atoms with Crippen LogP contribution in [0.2, 0.25) is 0 Å². The lowest BCUT2D eigenvalue weighted by atomic mass is 9.99. The molecule has 4 rings (SSSR count). The molecular formula is C57H102Cl3N3. The van der Waals surface area contributed by atoms with Gasteiger partial charge < -0.3 is 16.0 Å². The third-order valence-corrected chi connectivity index (χ3v) is 16.8. The molecule has 0 spiro atoms. The molecule has 3 nitrogen and oxygen atoms in total. The third kappa shape index (κ3) is 27.2. The Morgan fingerprint density at radius 3 is 1.33 bits per heavy atom. The van der Waals surface area contributed by atoms with E-state index in [4.69, 9.17) is 34.8 Å². The van der Waals surface area contributed by atoms with Crippen molar-refractivity contribution in [3.05, 3.63) is 36.8 Å². The normalized spacial score (nSPS) is 25.6. The highest BCUT2D eigenvalue weighted by molar-refractivity contribution is 6.67. The van der Waals surface area contributed by atoms with Gasteiger partial charge in [0.15, 0.2) is 3.79 Å². The molecule has 0 saturated heterocycles. The minimum atomic E-state index is -1.13. The quantitative estimate of drug-likeness (QED) is 0.0421. The number of alkyl halides is 3. The first-order valence-electron chi connectivity index (χ1n) is 27.8. The average Bonchev–Trinajstić information content (AvgIpc) is 4.08. The lowest BCUT2D eigenvalue weighted by molar-refractivity contribution is 0.441.